The highest BCUT2D eigenvalue weighted by Gasteiger charge is 2.25. The van der Waals surface area contributed by atoms with Crippen LogP contribution in [-0.2, 0) is 20.3 Å². The van der Waals surface area contributed by atoms with Crippen molar-refractivity contribution in [3.05, 3.63) is 78.3 Å². The molecule has 0 aliphatic rings. The molecule has 0 fully saturated rings. The van der Waals surface area contributed by atoms with E-state index < -0.39 is 15.7 Å². The predicted molar refractivity (Wildman–Crippen MR) is 119 cm³/mol. The summed E-state index contributed by atoms with van der Waals surface area (Å²) >= 11 is 1.39. The van der Waals surface area contributed by atoms with Crippen LogP contribution in [0, 0.1) is 0 Å². The molecule has 0 N–H and O–H groups in total. The Kier molecular flexibility index (Phi) is 6.17. The van der Waals surface area contributed by atoms with Crippen LogP contribution >= 0.6 is 11.3 Å². The maximum absolute atomic E-state index is 13.2. The Bertz CT molecular complexity index is 1260. The molecule has 9 heteroatoms. The number of ether oxygens (including phenoxy) is 1. The number of sulfone groups is 1. The number of furan rings is 1. The maximum atomic E-state index is 13.2. The van der Waals surface area contributed by atoms with E-state index in [1.807, 2.05) is 24.3 Å². The van der Waals surface area contributed by atoms with E-state index >= 15 is 0 Å². The summed E-state index contributed by atoms with van der Waals surface area (Å²) in [6.45, 7) is 0.602. The number of carbonyl (C=O) groups excluding carboxylic acids is 1. The first-order valence-corrected chi connectivity index (χ1v) is 12.0. The second kappa shape index (κ2) is 9.01. The highest BCUT2D eigenvalue weighted by Crippen LogP contribution is 2.30. The lowest BCUT2D eigenvalue weighted by molar-refractivity contribution is 0.0948. The van der Waals surface area contributed by atoms with Crippen LogP contribution in [0.5, 0.6) is 0 Å². The van der Waals surface area contributed by atoms with Gasteiger partial charge in [-0.15, -0.1) is 0 Å². The molecule has 2 aromatic heterocycles. The lowest BCUT2D eigenvalue weighted by Crippen LogP contribution is -2.33. The Labute approximate surface area is 183 Å². The molecular weight excluding hydrogens is 436 g/mol. The van der Waals surface area contributed by atoms with Gasteiger partial charge in [-0.1, -0.05) is 41.7 Å². The maximum Gasteiger partial charge on any atom is 0.295 e. The average Bonchev–Trinajstić information content (AvgIpc) is 3.41. The van der Waals surface area contributed by atoms with Crippen LogP contribution in [-0.4, -0.2) is 39.6 Å². The number of nitrogens with zero attached hydrogens (tertiary/aromatic N) is 2. The second-order valence-corrected chi connectivity index (χ2v) is 9.75. The molecular formula is C22H20N2O5S2. The molecule has 2 aromatic carbocycles. The third kappa shape index (κ3) is 4.68. The van der Waals surface area contributed by atoms with Crippen molar-refractivity contribution < 1.29 is 22.4 Å². The van der Waals surface area contributed by atoms with E-state index in [2.05, 4.69) is 4.98 Å². The van der Waals surface area contributed by atoms with Crippen molar-refractivity contribution in [3.63, 3.8) is 0 Å². The molecule has 0 aliphatic heterocycles. The van der Waals surface area contributed by atoms with Crippen molar-refractivity contribution in [3.8, 4) is 0 Å². The summed E-state index contributed by atoms with van der Waals surface area (Å²) in [5, 5.41) is 0.526. The standard InChI is InChI=1S/C22H20N2O5S2/c1-28-14-13-24(22-23-18-9-5-6-10-20(18)30-22)21(25)19-12-11-16(29-19)15-31(26,27)17-7-3-2-4-8-17/h2-12H,13-15H2,1H3. The quantitative estimate of drug-likeness (QED) is 0.396. The lowest BCUT2D eigenvalue weighted by atomic mass is 10.3. The number of aromatic nitrogens is 1. The lowest BCUT2D eigenvalue weighted by Gasteiger charge is -2.18. The van der Waals surface area contributed by atoms with E-state index in [0.29, 0.717) is 11.7 Å². The SMILES string of the molecule is COCCN(C(=O)c1ccc(CS(=O)(=O)c2ccccc2)o1)c1nc2ccccc2s1. The number of amides is 1. The molecule has 0 unspecified atom stereocenters. The van der Waals surface area contributed by atoms with E-state index in [1.165, 1.54) is 40.5 Å². The van der Waals surface area contributed by atoms with Crippen LogP contribution in [0.2, 0.25) is 0 Å². The van der Waals surface area contributed by atoms with Crippen LogP contribution in [0.1, 0.15) is 16.3 Å². The third-order valence-corrected chi connectivity index (χ3v) is 7.30. The monoisotopic (exact) mass is 456 g/mol. The van der Waals surface area contributed by atoms with Gasteiger partial charge in [-0.05, 0) is 36.4 Å². The molecule has 4 aromatic rings. The summed E-state index contributed by atoms with van der Waals surface area (Å²) in [6, 6.07) is 18.8. The topological polar surface area (TPSA) is 89.7 Å². The minimum Gasteiger partial charge on any atom is -0.455 e. The molecule has 7 nitrogen and oxygen atoms in total. The van der Waals surface area contributed by atoms with Gasteiger partial charge in [-0.3, -0.25) is 9.69 Å². The molecule has 2 heterocycles. The fourth-order valence-electron chi connectivity index (χ4n) is 3.04. The van der Waals surface area contributed by atoms with Gasteiger partial charge in [0.1, 0.15) is 11.5 Å². The zero-order valence-corrected chi connectivity index (χ0v) is 18.4. The fourth-order valence-corrected chi connectivity index (χ4v) is 5.30. The molecule has 1 amide bonds. The Hall–Kier alpha value is -3.01. The number of carbonyl (C=O) groups is 1. The second-order valence-electron chi connectivity index (χ2n) is 6.75. The molecule has 0 aliphatic carbocycles. The number of anilines is 1. The zero-order chi connectivity index (χ0) is 21.8. The minimum atomic E-state index is -3.58. The van der Waals surface area contributed by atoms with Crippen molar-refractivity contribution in [1.29, 1.82) is 0 Å². The van der Waals surface area contributed by atoms with Crippen LogP contribution in [0.25, 0.3) is 10.2 Å². The first-order valence-electron chi connectivity index (χ1n) is 9.51. The Morgan fingerprint density at radius 3 is 2.55 bits per heavy atom. The number of rotatable bonds is 8. The average molecular weight is 457 g/mol. The summed E-state index contributed by atoms with van der Waals surface area (Å²) in [4.78, 5) is 19.4. The molecule has 0 saturated heterocycles. The number of methoxy groups -OCH3 is 1. The summed E-state index contributed by atoms with van der Waals surface area (Å²) in [5.41, 5.74) is 0.798. The van der Waals surface area contributed by atoms with Crippen molar-refractivity contribution >= 4 is 42.4 Å². The summed E-state index contributed by atoms with van der Waals surface area (Å²) < 4.78 is 36.9. The van der Waals surface area contributed by atoms with Crippen molar-refractivity contribution in [1.82, 2.24) is 4.98 Å². The highest BCUT2D eigenvalue weighted by atomic mass is 32.2. The zero-order valence-electron chi connectivity index (χ0n) is 16.7. The normalized spacial score (nSPS) is 11.6. The highest BCUT2D eigenvalue weighted by molar-refractivity contribution is 7.90. The first kappa shape index (κ1) is 21.2. The van der Waals surface area contributed by atoms with Gasteiger partial charge in [0.05, 0.1) is 28.3 Å². The molecule has 0 bridgehead atoms. The van der Waals surface area contributed by atoms with E-state index in [4.69, 9.17) is 9.15 Å². The number of thiazole rings is 1. The van der Waals surface area contributed by atoms with Crippen LogP contribution in [0.4, 0.5) is 5.13 Å². The molecule has 31 heavy (non-hydrogen) atoms. The van der Waals surface area contributed by atoms with Crippen molar-refractivity contribution in [2.24, 2.45) is 0 Å². The van der Waals surface area contributed by atoms with Gasteiger partial charge in [-0.2, -0.15) is 0 Å². The Morgan fingerprint density at radius 2 is 1.81 bits per heavy atom. The van der Waals surface area contributed by atoms with E-state index in [1.54, 1.807) is 25.3 Å². The van der Waals surface area contributed by atoms with E-state index in [0.717, 1.165) is 10.2 Å². The molecule has 160 valence electrons. The van der Waals surface area contributed by atoms with E-state index in [9.17, 15) is 13.2 Å². The molecule has 0 atom stereocenters. The van der Waals surface area contributed by atoms with Crippen LogP contribution in [0.15, 0.2) is 76.0 Å². The van der Waals surface area contributed by atoms with Crippen molar-refractivity contribution in [2.45, 2.75) is 10.6 Å². The van der Waals surface area contributed by atoms with Gasteiger partial charge >= 0.3 is 0 Å². The van der Waals surface area contributed by atoms with Gasteiger partial charge in [0.25, 0.3) is 5.91 Å². The Balaban J connectivity index is 1.59. The number of benzene rings is 2. The number of hydrogen-bond acceptors (Lipinski definition) is 7. The molecule has 0 radical (unpaired) electrons. The third-order valence-electron chi connectivity index (χ3n) is 4.58. The van der Waals surface area contributed by atoms with Gasteiger partial charge in [0.2, 0.25) is 0 Å². The Morgan fingerprint density at radius 1 is 1.06 bits per heavy atom. The summed E-state index contributed by atoms with van der Waals surface area (Å²) in [7, 11) is -2.02. The molecule has 4 rings (SSSR count). The molecule has 0 saturated carbocycles. The summed E-state index contributed by atoms with van der Waals surface area (Å²) in [6.07, 6.45) is 0. The first-order chi connectivity index (χ1) is 15.0. The smallest absolute Gasteiger partial charge is 0.295 e. The minimum absolute atomic E-state index is 0.0496. The molecule has 0 spiro atoms. The van der Waals surface area contributed by atoms with Crippen LogP contribution < -0.4 is 4.90 Å². The number of hydrogen-bond donors (Lipinski definition) is 0. The largest absolute Gasteiger partial charge is 0.455 e. The van der Waals surface area contributed by atoms with Gasteiger partial charge in [0, 0.05) is 7.11 Å². The predicted octanol–water partition coefficient (Wildman–Crippen LogP) is 4.16. The van der Waals surface area contributed by atoms with E-state index in [-0.39, 0.29) is 28.7 Å². The fraction of sp³-hybridized carbons (Fsp3) is 0.182. The summed E-state index contributed by atoms with van der Waals surface area (Å²) in [5.74, 6) is -0.486. The van der Waals surface area contributed by atoms with Crippen LogP contribution in [0.3, 0.4) is 0 Å². The van der Waals surface area contributed by atoms with Gasteiger partial charge in [0.15, 0.2) is 20.7 Å². The van der Waals surface area contributed by atoms with Gasteiger partial charge < -0.3 is 9.15 Å². The number of fused-ring (bicyclic) bond motifs is 1. The van der Waals surface area contributed by atoms with Crippen molar-refractivity contribution in [2.75, 3.05) is 25.2 Å². The van der Waals surface area contributed by atoms with Gasteiger partial charge in [-0.25, -0.2) is 13.4 Å². The number of para-hydroxylation sites is 1.